The quantitative estimate of drug-likeness (QED) is 0.847. The molecule has 0 aliphatic carbocycles. The van der Waals surface area contributed by atoms with E-state index in [2.05, 4.69) is 24.5 Å². The zero-order chi connectivity index (χ0) is 17.6. The number of hydrogen-bond donors (Lipinski definition) is 2. The molecule has 0 radical (unpaired) electrons. The third kappa shape index (κ3) is 7.79. The Balaban J connectivity index is 2.50. The summed E-state index contributed by atoms with van der Waals surface area (Å²) in [5, 5.41) is 5.76. The number of amides is 2. The van der Waals surface area contributed by atoms with Crippen molar-refractivity contribution in [1.82, 2.24) is 10.2 Å². The van der Waals surface area contributed by atoms with Crippen LogP contribution in [0.1, 0.15) is 46.1 Å². The molecule has 0 heterocycles. The van der Waals surface area contributed by atoms with Gasteiger partial charge in [0.05, 0.1) is 13.1 Å². The molecule has 2 N–H and O–H groups in total. The molecule has 0 bridgehead atoms. The van der Waals surface area contributed by atoms with Crippen LogP contribution in [-0.2, 0) is 9.59 Å². The molecule has 0 atom stereocenters. The summed E-state index contributed by atoms with van der Waals surface area (Å²) in [5.74, 6) is 0.196. The van der Waals surface area contributed by atoms with Crippen LogP contribution >= 0.6 is 0 Å². The average molecular weight is 319 g/mol. The van der Waals surface area contributed by atoms with Crippen molar-refractivity contribution >= 4 is 17.5 Å². The second-order valence-electron chi connectivity index (χ2n) is 7.30. The normalized spacial score (nSPS) is 11.7. The van der Waals surface area contributed by atoms with Gasteiger partial charge in [-0.05, 0) is 51.4 Å². The lowest BCUT2D eigenvalue weighted by Gasteiger charge is -2.23. The summed E-state index contributed by atoms with van der Waals surface area (Å²) in [6.45, 7) is 10.4. The van der Waals surface area contributed by atoms with Gasteiger partial charge < -0.3 is 10.6 Å². The highest BCUT2D eigenvalue weighted by Gasteiger charge is 2.16. The van der Waals surface area contributed by atoms with Gasteiger partial charge in [-0.15, -0.1) is 0 Å². The summed E-state index contributed by atoms with van der Waals surface area (Å²) in [6, 6.07) is 7.83. The van der Waals surface area contributed by atoms with Crippen LogP contribution in [0.4, 0.5) is 5.69 Å². The molecule has 23 heavy (non-hydrogen) atoms. The molecule has 1 aromatic carbocycles. The van der Waals surface area contributed by atoms with Gasteiger partial charge >= 0.3 is 0 Å². The maximum absolute atomic E-state index is 12.1. The van der Waals surface area contributed by atoms with Gasteiger partial charge in [0, 0.05) is 11.2 Å². The van der Waals surface area contributed by atoms with Crippen LogP contribution in [0.25, 0.3) is 0 Å². The molecule has 128 valence electrons. The smallest absolute Gasteiger partial charge is 0.238 e. The topological polar surface area (TPSA) is 61.4 Å². The Kier molecular flexibility index (Phi) is 6.76. The third-order valence-electron chi connectivity index (χ3n) is 3.18. The van der Waals surface area contributed by atoms with E-state index in [0.717, 1.165) is 5.69 Å². The van der Waals surface area contributed by atoms with Gasteiger partial charge in [-0.1, -0.05) is 26.0 Å². The van der Waals surface area contributed by atoms with E-state index in [0.29, 0.717) is 5.92 Å². The van der Waals surface area contributed by atoms with Crippen LogP contribution in [0.5, 0.6) is 0 Å². The first-order valence-corrected chi connectivity index (χ1v) is 7.96. The zero-order valence-corrected chi connectivity index (χ0v) is 15.1. The monoisotopic (exact) mass is 319 g/mol. The van der Waals surface area contributed by atoms with Crippen molar-refractivity contribution in [3.8, 4) is 0 Å². The lowest BCUT2D eigenvalue weighted by molar-refractivity contribution is -0.124. The van der Waals surface area contributed by atoms with Crippen LogP contribution in [0, 0.1) is 0 Å². The highest BCUT2D eigenvalue weighted by molar-refractivity contribution is 5.92. The minimum atomic E-state index is -0.266. The van der Waals surface area contributed by atoms with Crippen LogP contribution < -0.4 is 10.6 Å². The molecular formula is C18H29N3O2. The molecule has 1 rings (SSSR count). The zero-order valence-electron chi connectivity index (χ0n) is 15.1. The Bertz CT molecular complexity index is 547. The molecule has 0 aliphatic heterocycles. The van der Waals surface area contributed by atoms with Crippen LogP contribution in [0.3, 0.4) is 0 Å². The van der Waals surface area contributed by atoms with E-state index in [1.54, 1.807) is 11.9 Å². The van der Waals surface area contributed by atoms with E-state index in [1.165, 1.54) is 5.56 Å². The van der Waals surface area contributed by atoms with Crippen LogP contribution in [0.2, 0.25) is 0 Å². The van der Waals surface area contributed by atoms with Gasteiger partial charge in [-0.25, -0.2) is 0 Å². The Morgan fingerprint density at radius 3 is 2.30 bits per heavy atom. The third-order valence-corrected chi connectivity index (χ3v) is 3.18. The number of nitrogens with one attached hydrogen (secondary N) is 2. The molecule has 0 unspecified atom stereocenters. The molecule has 0 aliphatic rings. The summed E-state index contributed by atoms with van der Waals surface area (Å²) in [6.07, 6.45) is 0. The standard InChI is InChI=1S/C18H29N3O2/c1-13(2)14-8-7-9-15(10-14)19-16(22)11-21(6)12-17(23)20-18(3,4)5/h7-10,13H,11-12H2,1-6H3,(H,19,22)(H,20,23). The number of likely N-dealkylation sites (N-methyl/N-ethyl adjacent to an activating group) is 1. The molecular weight excluding hydrogens is 290 g/mol. The first-order chi connectivity index (χ1) is 10.6. The minimum absolute atomic E-state index is 0.0883. The average Bonchev–Trinajstić information content (AvgIpc) is 2.35. The molecule has 5 heteroatoms. The molecule has 0 spiro atoms. The van der Waals surface area contributed by atoms with Gasteiger partial charge in [-0.2, -0.15) is 0 Å². The maximum atomic E-state index is 12.1. The predicted octanol–water partition coefficient (Wildman–Crippen LogP) is 2.59. The van der Waals surface area contributed by atoms with Crippen molar-refractivity contribution in [2.24, 2.45) is 0 Å². The van der Waals surface area contributed by atoms with E-state index >= 15 is 0 Å². The summed E-state index contributed by atoms with van der Waals surface area (Å²) >= 11 is 0. The highest BCUT2D eigenvalue weighted by Crippen LogP contribution is 2.18. The van der Waals surface area contributed by atoms with Gasteiger partial charge in [-0.3, -0.25) is 14.5 Å². The number of rotatable bonds is 6. The molecule has 5 nitrogen and oxygen atoms in total. The van der Waals surface area contributed by atoms with E-state index in [9.17, 15) is 9.59 Å². The number of nitrogens with zero attached hydrogens (tertiary/aromatic N) is 1. The summed E-state index contributed by atoms with van der Waals surface area (Å²) < 4.78 is 0. The second kappa shape index (κ2) is 8.11. The van der Waals surface area contributed by atoms with E-state index in [4.69, 9.17) is 0 Å². The van der Waals surface area contributed by atoms with Crippen molar-refractivity contribution in [3.05, 3.63) is 29.8 Å². The number of hydrogen-bond acceptors (Lipinski definition) is 3. The van der Waals surface area contributed by atoms with E-state index in [-0.39, 0.29) is 30.4 Å². The van der Waals surface area contributed by atoms with Gasteiger partial charge in [0.15, 0.2) is 0 Å². The lowest BCUT2D eigenvalue weighted by atomic mass is 10.0. The van der Waals surface area contributed by atoms with E-state index in [1.807, 2.05) is 45.0 Å². The molecule has 0 aromatic heterocycles. The minimum Gasteiger partial charge on any atom is -0.350 e. The molecule has 2 amide bonds. The van der Waals surface area contributed by atoms with Crippen molar-refractivity contribution in [3.63, 3.8) is 0 Å². The van der Waals surface area contributed by atoms with E-state index < -0.39 is 0 Å². The Morgan fingerprint density at radius 1 is 1.13 bits per heavy atom. The number of benzene rings is 1. The fourth-order valence-electron chi connectivity index (χ4n) is 2.18. The Labute approximate surface area is 139 Å². The van der Waals surface area contributed by atoms with Crippen molar-refractivity contribution in [2.75, 3.05) is 25.5 Å². The largest absolute Gasteiger partial charge is 0.350 e. The number of carbonyl (C=O) groups is 2. The Hall–Kier alpha value is -1.88. The molecule has 0 fully saturated rings. The maximum Gasteiger partial charge on any atom is 0.238 e. The fourth-order valence-corrected chi connectivity index (χ4v) is 2.18. The first kappa shape index (κ1) is 19.2. The van der Waals surface area contributed by atoms with Gasteiger partial charge in [0.25, 0.3) is 0 Å². The summed E-state index contributed by atoms with van der Waals surface area (Å²) in [7, 11) is 1.76. The molecule has 0 saturated heterocycles. The SMILES string of the molecule is CC(C)c1cccc(NC(=O)CN(C)CC(=O)NC(C)(C)C)c1. The predicted molar refractivity (Wildman–Crippen MR) is 94.6 cm³/mol. The van der Waals surface area contributed by atoms with Gasteiger partial charge in [0.2, 0.25) is 11.8 Å². The lowest BCUT2D eigenvalue weighted by Crippen LogP contribution is -2.46. The van der Waals surface area contributed by atoms with Crippen molar-refractivity contribution < 1.29 is 9.59 Å². The molecule has 1 aromatic rings. The highest BCUT2D eigenvalue weighted by atomic mass is 16.2. The second-order valence-corrected chi connectivity index (χ2v) is 7.30. The van der Waals surface area contributed by atoms with Gasteiger partial charge in [0.1, 0.15) is 0 Å². The van der Waals surface area contributed by atoms with Crippen molar-refractivity contribution in [1.29, 1.82) is 0 Å². The number of carbonyl (C=O) groups excluding carboxylic acids is 2. The summed E-state index contributed by atoms with van der Waals surface area (Å²) in [5.41, 5.74) is 1.70. The summed E-state index contributed by atoms with van der Waals surface area (Å²) in [4.78, 5) is 25.6. The Morgan fingerprint density at radius 2 is 1.74 bits per heavy atom. The molecule has 0 saturated carbocycles. The number of anilines is 1. The van der Waals surface area contributed by atoms with Crippen molar-refractivity contribution in [2.45, 2.75) is 46.1 Å². The first-order valence-electron chi connectivity index (χ1n) is 7.96. The fraction of sp³-hybridized carbons (Fsp3) is 0.556. The van der Waals surface area contributed by atoms with Crippen LogP contribution in [0.15, 0.2) is 24.3 Å². The van der Waals surface area contributed by atoms with Crippen LogP contribution in [-0.4, -0.2) is 42.4 Å².